The lowest BCUT2D eigenvalue weighted by molar-refractivity contribution is -0.114. The molecule has 0 saturated carbocycles. The average Bonchev–Trinajstić information content (AvgIpc) is 3.20. The zero-order valence-corrected chi connectivity index (χ0v) is 26.9. The third kappa shape index (κ3) is 7.88. The molecule has 14 heteroatoms. The number of benzene rings is 3. The summed E-state index contributed by atoms with van der Waals surface area (Å²) in [5, 5.41) is 2.58. The second kappa shape index (κ2) is 14.4. The fraction of sp³-hybridized carbons (Fsp3) is 0.355. The molecule has 0 fully saturated rings. The molecule has 0 atom stereocenters. The fourth-order valence-corrected chi connectivity index (χ4v) is 5.63. The highest BCUT2D eigenvalue weighted by Gasteiger charge is 2.22. The van der Waals surface area contributed by atoms with Crippen LogP contribution in [0.5, 0.6) is 28.7 Å². The molecule has 0 unspecified atom stereocenters. The molecule has 0 aliphatic carbocycles. The molecule has 45 heavy (non-hydrogen) atoms. The van der Waals surface area contributed by atoms with E-state index in [2.05, 4.69) is 10.0 Å². The van der Waals surface area contributed by atoms with Crippen LogP contribution in [-0.2, 0) is 33.7 Å². The van der Waals surface area contributed by atoms with Crippen molar-refractivity contribution in [3.63, 3.8) is 0 Å². The normalized spacial score (nSPS) is 11.3. The minimum atomic E-state index is -4.23. The maximum atomic E-state index is 13.7. The number of anilines is 2. The van der Waals surface area contributed by atoms with Crippen molar-refractivity contribution in [1.29, 1.82) is 0 Å². The Balaban J connectivity index is 1.79. The smallest absolute Gasteiger partial charge is 0.328 e. The lowest BCUT2D eigenvalue weighted by Crippen LogP contribution is -2.19. The van der Waals surface area contributed by atoms with Gasteiger partial charge in [0.05, 0.1) is 47.6 Å². The van der Waals surface area contributed by atoms with Crippen LogP contribution in [0.3, 0.4) is 0 Å². The Morgan fingerprint density at radius 1 is 0.822 bits per heavy atom. The molecular weight excluding hydrogens is 604 g/mol. The van der Waals surface area contributed by atoms with E-state index < -0.39 is 15.9 Å². The fourth-order valence-electron chi connectivity index (χ4n) is 4.55. The van der Waals surface area contributed by atoms with Gasteiger partial charge in [0.2, 0.25) is 5.91 Å². The predicted molar refractivity (Wildman–Crippen MR) is 171 cm³/mol. The number of carbonyl (C=O) groups excluding carboxylic acids is 1. The predicted octanol–water partition coefficient (Wildman–Crippen LogP) is 4.64. The van der Waals surface area contributed by atoms with E-state index >= 15 is 0 Å². The summed E-state index contributed by atoms with van der Waals surface area (Å²) in [4.78, 5) is 24.3. The molecule has 13 nitrogen and oxygen atoms in total. The summed E-state index contributed by atoms with van der Waals surface area (Å²) in [5.74, 6) is 1.35. The number of aromatic nitrogens is 2. The van der Waals surface area contributed by atoms with Crippen molar-refractivity contribution in [3.8, 4) is 28.7 Å². The molecule has 1 amide bonds. The molecule has 0 bridgehead atoms. The Morgan fingerprint density at radius 2 is 1.47 bits per heavy atom. The molecule has 0 radical (unpaired) electrons. The van der Waals surface area contributed by atoms with E-state index in [0.717, 1.165) is 6.42 Å². The average molecular weight is 643 g/mol. The van der Waals surface area contributed by atoms with Crippen molar-refractivity contribution < 1.29 is 36.9 Å². The van der Waals surface area contributed by atoms with Crippen molar-refractivity contribution >= 4 is 38.3 Å². The first-order valence-corrected chi connectivity index (χ1v) is 15.7. The maximum absolute atomic E-state index is 13.7. The van der Waals surface area contributed by atoms with Crippen LogP contribution < -0.4 is 34.7 Å². The number of rotatable bonds is 15. The molecule has 4 aromatic rings. The van der Waals surface area contributed by atoms with Crippen LogP contribution in [0, 0.1) is 0 Å². The van der Waals surface area contributed by atoms with Crippen molar-refractivity contribution in [2.24, 2.45) is 14.1 Å². The van der Waals surface area contributed by atoms with Gasteiger partial charge in [0.15, 0.2) is 5.75 Å². The van der Waals surface area contributed by atoms with Gasteiger partial charge in [0, 0.05) is 65.4 Å². The van der Waals surface area contributed by atoms with Gasteiger partial charge in [-0.3, -0.25) is 18.7 Å². The van der Waals surface area contributed by atoms with Gasteiger partial charge in [-0.1, -0.05) is 6.92 Å². The van der Waals surface area contributed by atoms with Crippen molar-refractivity contribution in [2.45, 2.75) is 31.6 Å². The summed E-state index contributed by atoms with van der Waals surface area (Å²) in [5.41, 5.74) is 0.957. The number of aryl methyl sites for hydroxylation is 2. The van der Waals surface area contributed by atoms with Gasteiger partial charge in [0.25, 0.3) is 10.0 Å². The summed E-state index contributed by atoms with van der Waals surface area (Å²) in [6, 6.07) is 12.3. The van der Waals surface area contributed by atoms with Gasteiger partial charge in [-0.05, 0) is 30.7 Å². The summed E-state index contributed by atoms with van der Waals surface area (Å²) >= 11 is 0. The molecule has 0 aliphatic heterocycles. The number of hydrogen-bond acceptors (Lipinski definition) is 9. The molecule has 4 rings (SSSR count). The number of nitrogens with one attached hydrogen (secondary N) is 2. The van der Waals surface area contributed by atoms with Gasteiger partial charge in [0.1, 0.15) is 23.0 Å². The van der Waals surface area contributed by atoms with Gasteiger partial charge in [-0.25, -0.2) is 13.2 Å². The van der Waals surface area contributed by atoms with E-state index in [4.69, 9.17) is 23.7 Å². The highest BCUT2D eigenvalue weighted by atomic mass is 32.2. The Kier molecular flexibility index (Phi) is 10.6. The van der Waals surface area contributed by atoms with Crippen LogP contribution in [0.1, 0.15) is 26.7 Å². The van der Waals surface area contributed by atoms with E-state index in [-0.39, 0.29) is 27.7 Å². The lowest BCUT2D eigenvalue weighted by Gasteiger charge is -2.17. The summed E-state index contributed by atoms with van der Waals surface area (Å²) in [6.07, 6.45) is 1.46. The number of amides is 1. The van der Waals surface area contributed by atoms with Crippen LogP contribution >= 0.6 is 0 Å². The molecule has 0 aliphatic rings. The Bertz CT molecular complexity index is 1850. The van der Waals surface area contributed by atoms with E-state index in [0.29, 0.717) is 60.3 Å². The van der Waals surface area contributed by atoms with Gasteiger partial charge in [-0.2, -0.15) is 0 Å². The minimum absolute atomic E-state index is 0.0723. The molecule has 2 N–H and O–H groups in total. The van der Waals surface area contributed by atoms with E-state index in [1.54, 1.807) is 45.5 Å². The Morgan fingerprint density at radius 3 is 2.09 bits per heavy atom. The highest BCUT2D eigenvalue weighted by Crippen LogP contribution is 2.38. The summed E-state index contributed by atoms with van der Waals surface area (Å²) < 4.78 is 61.2. The third-order valence-corrected chi connectivity index (χ3v) is 8.09. The molecule has 1 aromatic heterocycles. The molecule has 0 saturated heterocycles. The molecule has 0 spiro atoms. The lowest BCUT2D eigenvalue weighted by atomic mass is 10.2. The largest absolute Gasteiger partial charge is 0.495 e. The Labute approximate surface area is 261 Å². The van der Waals surface area contributed by atoms with Crippen molar-refractivity contribution in [2.75, 3.05) is 44.1 Å². The van der Waals surface area contributed by atoms with Crippen molar-refractivity contribution in [3.05, 3.63) is 59.0 Å². The van der Waals surface area contributed by atoms with Gasteiger partial charge < -0.3 is 29.0 Å². The second-order valence-corrected chi connectivity index (χ2v) is 11.9. The summed E-state index contributed by atoms with van der Waals surface area (Å²) in [6.45, 7) is 4.70. The molecule has 3 aromatic carbocycles. The number of hydrogen-bond donors (Lipinski definition) is 2. The topological polar surface area (TPSA) is 148 Å². The van der Waals surface area contributed by atoms with E-state index in [9.17, 15) is 18.0 Å². The summed E-state index contributed by atoms with van der Waals surface area (Å²) in [7, 11) is 2.00. The molecular formula is C31H38N4O9S. The highest BCUT2D eigenvalue weighted by molar-refractivity contribution is 7.92. The first-order valence-electron chi connectivity index (χ1n) is 14.2. The van der Waals surface area contributed by atoms with Crippen LogP contribution in [-0.4, -0.2) is 57.5 Å². The van der Waals surface area contributed by atoms with Gasteiger partial charge >= 0.3 is 5.69 Å². The van der Waals surface area contributed by atoms with Gasteiger partial charge in [-0.15, -0.1) is 0 Å². The van der Waals surface area contributed by atoms with Crippen molar-refractivity contribution in [1.82, 2.24) is 9.13 Å². The molecule has 1 heterocycles. The number of sulfonamides is 1. The van der Waals surface area contributed by atoms with Crippen LogP contribution in [0.25, 0.3) is 11.0 Å². The monoisotopic (exact) mass is 642 g/mol. The maximum Gasteiger partial charge on any atom is 0.328 e. The number of imidazole rings is 1. The van der Waals surface area contributed by atoms with E-state index in [1.807, 2.05) is 6.92 Å². The standard InChI is InChI=1S/C31H38N4O9S/c1-7-11-42-21-14-22(43-13-8-12-40-5)16-23(15-21)44-30-19-28-27(34(3)31(37)35(28)4)18-26(30)33-45(38,39)24-9-10-29(41-6)25(17-24)32-20(2)36/h9-10,14-19,33H,7-8,11-13H2,1-6H3,(H,32,36). The Hall–Kier alpha value is -4.69. The number of carbonyl (C=O) groups is 1. The number of methoxy groups -OCH3 is 2. The second-order valence-electron chi connectivity index (χ2n) is 10.2. The van der Waals surface area contributed by atoms with E-state index in [1.165, 1.54) is 47.4 Å². The zero-order chi connectivity index (χ0) is 32.7. The van der Waals surface area contributed by atoms with Crippen LogP contribution in [0.15, 0.2) is 58.2 Å². The number of nitrogens with zero attached hydrogens (tertiary/aromatic N) is 2. The SMILES string of the molecule is CCCOc1cc(OCCCOC)cc(Oc2cc3c(cc2NS(=O)(=O)c2ccc(OC)c(NC(C)=O)c2)n(C)c(=O)n3C)c1. The zero-order valence-electron chi connectivity index (χ0n) is 26.1. The minimum Gasteiger partial charge on any atom is -0.495 e. The number of fused-ring (bicyclic) bond motifs is 1. The third-order valence-electron chi connectivity index (χ3n) is 6.73. The first-order chi connectivity index (χ1) is 21.5. The van der Waals surface area contributed by atoms with Crippen LogP contribution in [0.4, 0.5) is 11.4 Å². The molecule has 242 valence electrons. The van der Waals surface area contributed by atoms with Crippen LogP contribution in [0.2, 0.25) is 0 Å². The quantitative estimate of drug-likeness (QED) is 0.177. The first kappa shape index (κ1) is 33.2. The number of ether oxygens (including phenoxy) is 5.